The maximum atomic E-state index is 12.9. The molecule has 0 saturated heterocycles. The Morgan fingerprint density at radius 3 is 2.34 bits per heavy atom. The first-order chi connectivity index (χ1) is 16.8. The van der Waals surface area contributed by atoms with E-state index in [1.54, 1.807) is 13.2 Å². The van der Waals surface area contributed by atoms with Crippen molar-refractivity contribution in [3.63, 3.8) is 0 Å². The first-order valence-electron chi connectivity index (χ1n) is 11.2. The molecule has 0 aliphatic carbocycles. The first kappa shape index (κ1) is 24.1. The van der Waals surface area contributed by atoms with Crippen molar-refractivity contribution in [1.29, 1.82) is 0 Å². The molecule has 8 heteroatoms. The number of ether oxygens (including phenoxy) is 2. The molecule has 1 aliphatic heterocycles. The van der Waals surface area contributed by atoms with E-state index in [1.807, 2.05) is 48.7 Å². The van der Waals surface area contributed by atoms with Crippen LogP contribution in [0.15, 0.2) is 54.6 Å². The number of imide groups is 1. The van der Waals surface area contributed by atoms with Gasteiger partial charge in [0.05, 0.1) is 29.8 Å². The van der Waals surface area contributed by atoms with Crippen molar-refractivity contribution >= 4 is 23.6 Å². The van der Waals surface area contributed by atoms with Crippen LogP contribution in [0.4, 0.5) is 0 Å². The van der Waals surface area contributed by atoms with Crippen LogP contribution in [0.2, 0.25) is 0 Å². The Morgan fingerprint density at radius 2 is 1.63 bits per heavy atom. The molecular weight excluding hydrogens is 448 g/mol. The minimum absolute atomic E-state index is 0.102. The van der Waals surface area contributed by atoms with Crippen LogP contribution in [0, 0.1) is 13.8 Å². The molecule has 35 heavy (non-hydrogen) atoms. The zero-order valence-corrected chi connectivity index (χ0v) is 19.9. The summed E-state index contributed by atoms with van der Waals surface area (Å²) in [4.78, 5) is 52.1. The molecule has 0 radical (unpaired) electrons. The summed E-state index contributed by atoms with van der Waals surface area (Å²) in [7, 11) is 1.61. The van der Waals surface area contributed by atoms with Crippen LogP contribution >= 0.6 is 0 Å². The Balaban J connectivity index is 1.44. The summed E-state index contributed by atoms with van der Waals surface area (Å²) >= 11 is 0. The van der Waals surface area contributed by atoms with Gasteiger partial charge in [-0.15, -0.1) is 0 Å². The van der Waals surface area contributed by atoms with E-state index < -0.39 is 24.4 Å². The number of benzene rings is 2. The van der Waals surface area contributed by atoms with E-state index in [-0.39, 0.29) is 29.0 Å². The number of amides is 2. The second-order valence-electron chi connectivity index (χ2n) is 8.37. The second kappa shape index (κ2) is 10.1. The van der Waals surface area contributed by atoms with E-state index in [4.69, 9.17) is 9.47 Å². The Kier molecular flexibility index (Phi) is 6.93. The van der Waals surface area contributed by atoms with Gasteiger partial charge >= 0.3 is 5.97 Å². The maximum Gasteiger partial charge on any atom is 0.338 e. The molecule has 2 heterocycles. The van der Waals surface area contributed by atoms with Crippen molar-refractivity contribution in [1.82, 2.24) is 9.47 Å². The number of carbonyl (C=O) groups excluding carboxylic acids is 4. The number of fused-ring (bicyclic) bond motifs is 1. The van der Waals surface area contributed by atoms with Gasteiger partial charge in [-0.25, -0.2) is 4.79 Å². The zero-order chi connectivity index (χ0) is 25.1. The molecule has 1 aliphatic rings. The van der Waals surface area contributed by atoms with Gasteiger partial charge in [-0.3, -0.25) is 19.3 Å². The highest BCUT2D eigenvalue weighted by Gasteiger charge is 2.36. The lowest BCUT2D eigenvalue weighted by molar-refractivity contribution is 0.0474. The summed E-state index contributed by atoms with van der Waals surface area (Å²) < 4.78 is 12.3. The smallest absolute Gasteiger partial charge is 0.338 e. The SMILES string of the molecule is COCCn1c(C)cc(C(=O)COC(=O)c2ccc3c(c2)C(=O)N(Cc2ccccc2)C3=O)c1C. The van der Waals surface area contributed by atoms with Crippen molar-refractivity contribution in [2.45, 2.75) is 26.9 Å². The number of hydrogen-bond donors (Lipinski definition) is 0. The monoisotopic (exact) mass is 474 g/mol. The number of methoxy groups -OCH3 is 1. The van der Waals surface area contributed by atoms with E-state index in [0.29, 0.717) is 18.7 Å². The number of Topliss-reactive ketones (excluding diaryl/α,β-unsaturated/α-hetero) is 1. The number of carbonyl (C=O) groups is 4. The lowest BCUT2D eigenvalue weighted by Gasteiger charge is -2.13. The van der Waals surface area contributed by atoms with Gasteiger partial charge < -0.3 is 14.0 Å². The molecule has 8 nitrogen and oxygen atoms in total. The van der Waals surface area contributed by atoms with Crippen molar-refractivity contribution in [2.75, 3.05) is 20.3 Å². The molecule has 180 valence electrons. The Labute approximate surface area is 203 Å². The molecular formula is C27H26N2O6. The molecule has 0 N–H and O–H groups in total. The molecule has 0 unspecified atom stereocenters. The number of aryl methyl sites for hydroxylation is 1. The molecule has 3 aromatic rings. The summed E-state index contributed by atoms with van der Waals surface area (Å²) in [5, 5.41) is 0. The van der Waals surface area contributed by atoms with E-state index >= 15 is 0 Å². The highest BCUT2D eigenvalue weighted by Crippen LogP contribution is 2.26. The third-order valence-electron chi connectivity index (χ3n) is 6.12. The molecule has 2 amide bonds. The largest absolute Gasteiger partial charge is 0.454 e. The number of rotatable bonds is 9. The van der Waals surface area contributed by atoms with Gasteiger partial charge in [0.2, 0.25) is 5.78 Å². The summed E-state index contributed by atoms with van der Waals surface area (Å²) in [6, 6.07) is 15.2. The van der Waals surface area contributed by atoms with E-state index in [9.17, 15) is 19.2 Å². The first-order valence-corrected chi connectivity index (χ1v) is 11.2. The average Bonchev–Trinajstić information content (AvgIpc) is 3.28. The Bertz CT molecular complexity index is 1310. The van der Waals surface area contributed by atoms with Crippen LogP contribution in [-0.4, -0.2) is 53.4 Å². The fourth-order valence-electron chi connectivity index (χ4n) is 4.23. The summed E-state index contributed by atoms with van der Waals surface area (Å²) in [5.41, 5.74) is 3.48. The molecule has 0 bridgehead atoms. The summed E-state index contributed by atoms with van der Waals surface area (Å²) in [5.74, 6) is -1.94. The minimum Gasteiger partial charge on any atom is -0.454 e. The number of ketones is 1. The highest BCUT2D eigenvalue weighted by molar-refractivity contribution is 6.21. The van der Waals surface area contributed by atoms with Gasteiger partial charge in [-0.05, 0) is 43.7 Å². The third kappa shape index (κ3) is 4.79. The van der Waals surface area contributed by atoms with Crippen LogP contribution in [-0.2, 0) is 22.6 Å². The molecule has 0 fully saturated rings. The average molecular weight is 475 g/mol. The highest BCUT2D eigenvalue weighted by atomic mass is 16.5. The van der Waals surface area contributed by atoms with Gasteiger partial charge in [-0.2, -0.15) is 0 Å². The quantitative estimate of drug-likeness (QED) is 0.267. The van der Waals surface area contributed by atoms with Crippen LogP contribution in [0.1, 0.15) is 58.4 Å². The normalized spacial score (nSPS) is 12.7. The van der Waals surface area contributed by atoms with Crippen molar-refractivity contribution < 1.29 is 28.7 Å². The standard InChI is InChI=1S/C27H26N2O6/c1-17-13-22(18(2)28(17)11-12-34-3)24(30)16-35-27(33)20-9-10-21-23(14-20)26(32)29(25(21)31)15-19-7-5-4-6-8-19/h4-10,13-14H,11-12,15-16H2,1-3H3. The van der Waals surface area contributed by atoms with Crippen LogP contribution in [0.25, 0.3) is 0 Å². The fraction of sp³-hybridized carbons (Fsp3) is 0.259. The van der Waals surface area contributed by atoms with E-state index in [1.165, 1.54) is 18.2 Å². The second-order valence-corrected chi connectivity index (χ2v) is 8.37. The van der Waals surface area contributed by atoms with Gasteiger partial charge in [0, 0.05) is 30.6 Å². The van der Waals surface area contributed by atoms with Crippen molar-refractivity contribution in [3.8, 4) is 0 Å². The number of nitrogens with zero attached hydrogens (tertiary/aromatic N) is 2. The number of esters is 1. The third-order valence-corrected chi connectivity index (χ3v) is 6.12. The maximum absolute atomic E-state index is 12.9. The predicted octanol–water partition coefficient (Wildman–Crippen LogP) is 3.59. The lowest BCUT2D eigenvalue weighted by Crippen LogP contribution is -2.29. The molecule has 0 atom stereocenters. The molecule has 0 saturated carbocycles. The van der Waals surface area contributed by atoms with Crippen LogP contribution < -0.4 is 0 Å². The topological polar surface area (TPSA) is 94.9 Å². The van der Waals surface area contributed by atoms with E-state index in [0.717, 1.165) is 21.9 Å². The lowest BCUT2D eigenvalue weighted by atomic mass is 10.1. The van der Waals surface area contributed by atoms with Crippen molar-refractivity contribution in [2.24, 2.45) is 0 Å². The van der Waals surface area contributed by atoms with Crippen LogP contribution in [0.5, 0.6) is 0 Å². The van der Waals surface area contributed by atoms with E-state index in [2.05, 4.69) is 0 Å². The zero-order valence-electron chi connectivity index (χ0n) is 19.9. The van der Waals surface area contributed by atoms with Crippen LogP contribution in [0.3, 0.4) is 0 Å². The minimum atomic E-state index is -0.740. The summed E-state index contributed by atoms with van der Waals surface area (Å²) in [6.07, 6.45) is 0. The predicted molar refractivity (Wildman–Crippen MR) is 127 cm³/mol. The van der Waals surface area contributed by atoms with Crippen molar-refractivity contribution in [3.05, 3.63) is 93.8 Å². The fourth-order valence-corrected chi connectivity index (χ4v) is 4.23. The molecule has 1 aromatic heterocycles. The molecule has 2 aromatic carbocycles. The molecule has 4 rings (SSSR count). The summed E-state index contributed by atoms with van der Waals surface area (Å²) in [6.45, 7) is 4.57. The Hall–Kier alpha value is -4.04. The number of hydrogen-bond acceptors (Lipinski definition) is 6. The van der Waals surface area contributed by atoms with Gasteiger partial charge in [0.25, 0.3) is 11.8 Å². The van der Waals surface area contributed by atoms with Gasteiger partial charge in [-0.1, -0.05) is 30.3 Å². The number of aromatic nitrogens is 1. The Morgan fingerprint density at radius 1 is 0.914 bits per heavy atom. The van der Waals surface area contributed by atoms with Gasteiger partial charge in [0.1, 0.15) is 0 Å². The van der Waals surface area contributed by atoms with Gasteiger partial charge in [0.15, 0.2) is 6.61 Å². The molecule has 0 spiro atoms.